The highest BCUT2D eigenvalue weighted by molar-refractivity contribution is 6.35. The molecule has 2 aromatic heterocycles. The van der Waals surface area contributed by atoms with Gasteiger partial charge in [0.1, 0.15) is 32.1 Å². The van der Waals surface area contributed by atoms with Crippen LogP contribution in [0.15, 0.2) is 82.8 Å². The number of hydrogen-bond acceptors (Lipinski definition) is 4. The summed E-state index contributed by atoms with van der Waals surface area (Å²) in [5.41, 5.74) is 6.12. The number of para-hydroxylation sites is 2. The zero-order chi connectivity index (χ0) is 36.8. The van der Waals surface area contributed by atoms with Gasteiger partial charge in [-0.2, -0.15) is 0 Å². The number of fused-ring (bicyclic) bond motifs is 10. The first kappa shape index (κ1) is 35.2. The van der Waals surface area contributed by atoms with Gasteiger partial charge >= 0.3 is 0 Å². The number of hydrogen-bond donors (Lipinski definition) is 0. The number of benzene rings is 5. The van der Waals surface area contributed by atoms with Crippen LogP contribution >= 0.6 is 23.2 Å². The third kappa shape index (κ3) is 6.12. The van der Waals surface area contributed by atoms with Crippen LogP contribution in [0.2, 0.25) is 10.0 Å². The third-order valence-electron chi connectivity index (χ3n) is 11.3. The van der Waals surface area contributed by atoms with E-state index in [4.69, 9.17) is 42.7 Å². The first-order chi connectivity index (χ1) is 26.6. The molecule has 0 saturated carbocycles. The van der Waals surface area contributed by atoms with E-state index in [9.17, 15) is 0 Å². The van der Waals surface area contributed by atoms with Gasteiger partial charge in [0.2, 0.25) is 0 Å². The van der Waals surface area contributed by atoms with Crippen LogP contribution in [0.25, 0.3) is 43.6 Å². The molecule has 2 aliphatic rings. The molecular formula is C46H46Cl2N4O2. The SMILES string of the molecule is CCCCCCCCn1c2ccccc2c2cc3c(cc21)Oc1c(Cl)c2c(c(Cl)c1=N3)Oc1cc3c(cc1N=2)c1ccccc1n3CCCCCCCC. The van der Waals surface area contributed by atoms with E-state index in [0.29, 0.717) is 55.1 Å². The summed E-state index contributed by atoms with van der Waals surface area (Å²) < 4.78 is 18.1. The number of unbranched alkanes of at least 4 members (excludes halogenated alkanes) is 10. The Hall–Kier alpha value is -4.52. The minimum Gasteiger partial charge on any atom is -0.451 e. The number of nitrogens with zero attached hydrogens (tertiary/aromatic N) is 4. The molecule has 54 heavy (non-hydrogen) atoms. The van der Waals surface area contributed by atoms with Gasteiger partial charge in [0, 0.05) is 57.8 Å². The molecule has 276 valence electrons. The van der Waals surface area contributed by atoms with Gasteiger partial charge in [0.05, 0.1) is 11.0 Å². The predicted molar refractivity (Wildman–Crippen MR) is 224 cm³/mol. The molecule has 4 heterocycles. The molecule has 0 bridgehead atoms. The second-order valence-corrected chi connectivity index (χ2v) is 15.7. The average Bonchev–Trinajstić information content (AvgIpc) is 3.67. The molecule has 6 nitrogen and oxygen atoms in total. The number of ether oxygens (including phenoxy) is 2. The van der Waals surface area contributed by atoms with Crippen molar-refractivity contribution in [3.05, 3.63) is 93.6 Å². The molecule has 0 N–H and O–H groups in total. The van der Waals surface area contributed by atoms with E-state index in [1.165, 1.54) is 86.0 Å². The molecule has 0 saturated heterocycles. The number of halogens is 2. The van der Waals surface area contributed by atoms with Gasteiger partial charge in [-0.3, -0.25) is 0 Å². The van der Waals surface area contributed by atoms with Crippen LogP contribution in [0.4, 0.5) is 11.4 Å². The number of aryl methyl sites for hydroxylation is 2. The zero-order valence-electron chi connectivity index (χ0n) is 31.2. The third-order valence-corrected chi connectivity index (χ3v) is 12.0. The van der Waals surface area contributed by atoms with E-state index in [2.05, 4.69) is 95.8 Å². The smallest absolute Gasteiger partial charge is 0.175 e. The van der Waals surface area contributed by atoms with Crippen molar-refractivity contribution in [1.82, 2.24) is 9.13 Å². The summed E-state index contributed by atoms with van der Waals surface area (Å²) in [4.78, 5) is 10.2. The fourth-order valence-corrected chi connectivity index (χ4v) is 9.03. The molecular weight excluding hydrogens is 711 g/mol. The molecule has 9 rings (SSSR count). The van der Waals surface area contributed by atoms with Crippen LogP contribution < -0.4 is 20.2 Å². The van der Waals surface area contributed by atoms with Crippen LogP contribution in [0.3, 0.4) is 0 Å². The van der Waals surface area contributed by atoms with Crippen LogP contribution in [0.1, 0.15) is 90.9 Å². The summed E-state index contributed by atoms with van der Waals surface area (Å²) in [6.45, 7) is 6.42. The fraction of sp³-hybridized carbons (Fsp3) is 0.348. The first-order valence-corrected chi connectivity index (χ1v) is 20.8. The lowest BCUT2D eigenvalue weighted by Gasteiger charge is -2.21. The molecule has 0 unspecified atom stereocenters. The van der Waals surface area contributed by atoms with E-state index in [0.717, 1.165) is 47.7 Å². The summed E-state index contributed by atoms with van der Waals surface area (Å²) in [6, 6.07) is 25.7. The molecule has 0 radical (unpaired) electrons. The van der Waals surface area contributed by atoms with Crippen LogP contribution in [-0.2, 0) is 13.1 Å². The Morgan fingerprint density at radius 3 is 1.33 bits per heavy atom. The van der Waals surface area contributed by atoms with Crippen molar-refractivity contribution in [2.24, 2.45) is 9.98 Å². The van der Waals surface area contributed by atoms with E-state index in [-0.39, 0.29) is 0 Å². The Labute approximate surface area is 326 Å². The average molecular weight is 758 g/mol. The quantitative estimate of drug-likeness (QED) is 0.104. The van der Waals surface area contributed by atoms with E-state index >= 15 is 0 Å². The van der Waals surface area contributed by atoms with Gasteiger partial charge in [-0.05, 0) is 37.1 Å². The molecule has 7 aromatic rings. The highest BCUT2D eigenvalue weighted by atomic mass is 35.5. The van der Waals surface area contributed by atoms with E-state index in [1.54, 1.807) is 0 Å². The molecule has 0 spiro atoms. The standard InChI is InChI=1S/C46H46Cl2N4O2/c1-3-5-7-9-11-17-23-51-35-21-15-13-19-29(35)31-25-33-39(27-37(31)51)53-45-41(47)44-46(42(48)43(45)49-33)54-40-28-38-32(26-34(40)50-44)30-20-14-16-22-36(30)52(38)24-18-12-10-8-6-4-2/h13-16,19-22,25-28H,3-12,17-18,23-24H2,1-2H3. The summed E-state index contributed by atoms with van der Waals surface area (Å²) in [7, 11) is 0. The van der Waals surface area contributed by atoms with Gasteiger partial charge in [-0.15, -0.1) is 0 Å². The monoisotopic (exact) mass is 756 g/mol. The molecule has 8 heteroatoms. The number of aromatic nitrogens is 2. The summed E-state index contributed by atoms with van der Waals surface area (Å²) in [5, 5.41) is 6.29. The zero-order valence-corrected chi connectivity index (χ0v) is 32.7. The minimum absolute atomic E-state index is 0.336. The van der Waals surface area contributed by atoms with Gasteiger partial charge in [0.15, 0.2) is 23.0 Å². The maximum absolute atomic E-state index is 7.18. The summed E-state index contributed by atoms with van der Waals surface area (Å²) in [6.07, 6.45) is 15.0. The maximum atomic E-state index is 7.18. The summed E-state index contributed by atoms with van der Waals surface area (Å²) in [5.74, 6) is 2.10. The van der Waals surface area contributed by atoms with Crippen LogP contribution in [0, 0.1) is 0 Å². The highest BCUT2D eigenvalue weighted by Crippen LogP contribution is 2.46. The normalized spacial score (nSPS) is 13.0. The lowest BCUT2D eigenvalue weighted by Crippen LogP contribution is -2.22. The molecule has 0 fully saturated rings. The largest absolute Gasteiger partial charge is 0.451 e. The van der Waals surface area contributed by atoms with Gasteiger partial charge in [0.25, 0.3) is 0 Å². The Balaban J connectivity index is 1.10. The fourth-order valence-electron chi connectivity index (χ4n) is 8.52. The van der Waals surface area contributed by atoms with E-state index < -0.39 is 0 Å². The van der Waals surface area contributed by atoms with Crippen molar-refractivity contribution in [1.29, 1.82) is 0 Å². The molecule has 5 aromatic carbocycles. The van der Waals surface area contributed by atoms with Gasteiger partial charge in [-0.1, -0.05) is 138 Å². The second-order valence-electron chi connectivity index (χ2n) is 15.0. The Morgan fingerprint density at radius 2 is 0.889 bits per heavy atom. The molecule has 0 aliphatic carbocycles. The first-order valence-electron chi connectivity index (χ1n) is 20.0. The molecule has 2 aliphatic heterocycles. The topological polar surface area (TPSA) is 53.0 Å². The van der Waals surface area contributed by atoms with Crippen molar-refractivity contribution in [2.45, 2.75) is 104 Å². The van der Waals surface area contributed by atoms with Crippen molar-refractivity contribution in [2.75, 3.05) is 0 Å². The van der Waals surface area contributed by atoms with E-state index in [1.807, 2.05) is 0 Å². The highest BCUT2D eigenvalue weighted by Gasteiger charge is 2.29. The Kier molecular flexibility index (Phi) is 9.75. The maximum Gasteiger partial charge on any atom is 0.175 e. The Morgan fingerprint density at radius 1 is 0.481 bits per heavy atom. The molecule has 0 amide bonds. The van der Waals surface area contributed by atoms with Crippen molar-refractivity contribution in [3.8, 4) is 23.0 Å². The van der Waals surface area contributed by atoms with Crippen molar-refractivity contribution >= 4 is 78.2 Å². The lowest BCUT2D eigenvalue weighted by molar-refractivity contribution is 0.451. The number of rotatable bonds is 14. The van der Waals surface area contributed by atoms with Crippen LogP contribution in [0.5, 0.6) is 23.0 Å². The van der Waals surface area contributed by atoms with Gasteiger partial charge in [-0.25, -0.2) is 9.98 Å². The lowest BCUT2D eigenvalue weighted by atomic mass is 10.1. The Bertz CT molecular complexity index is 2510. The van der Waals surface area contributed by atoms with Crippen molar-refractivity contribution in [3.63, 3.8) is 0 Å². The second kappa shape index (κ2) is 15.0. The molecule has 0 atom stereocenters. The minimum atomic E-state index is 0.336. The predicted octanol–water partition coefficient (Wildman–Crippen LogP) is 14.0. The van der Waals surface area contributed by atoms with Crippen molar-refractivity contribution < 1.29 is 9.47 Å². The summed E-state index contributed by atoms with van der Waals surface area (Å²) >= 11 is 14.4. The van der Waals surface area contributed by atoms with Gasteiger partial charge < -0.3 is 18.6 Å². The van der Waals surface area contributed by atoms with Crippen LogP contribution in [-0.4, -0.2) is 9.13 Å².